The van der Waals surface area contributed by atoms with Crippen LogP contribution in [0.1, 0.15) is 16.8 Å². The number of carbonyl (C=O) groups is 1. The van der Waals surface area contributed by atoms with Crippen molar-refractivity contribution in [1.29, 1.82) is 0 Å². The molecule has 2 nitrogen and oxygen atoms in total. The van der Waals surface area contributed by atoms with Crippen LogP contribution < -0.4 is 0 Å². The van der Waals surface area contributed by atoms with E-state index in [1.165, 1.54) is 0 Å². The molecule has 1 aromatic carbocycles. The van der Waals surface area contributed by atoms with E-state index in [1.54, 1.807) is 18.2 Å². The van der Waals surface area contributed by atoms with Gasteiger partial charge in [-0.3, -0.25) is 4.79 Å². The highest BCUT2D eigenvalue weighted by Crippen LogP contribution is 2.29. The Hall–Kier alpha value is -0.570. The van der Waals surface area contributed by atoms with Gasteiger partial charge in [0.05, 0.1) is 16.7 Å². The molecule has 0 radical (unpaired) electrons. The minimum atomic E-state index is -0.0685. The van der Waals surface area contributed by atoms with Crippen molar-refractivity contribution in [3.05, 3.63) is 33.8 Å². The van der Waals surface area contributed by atoms with E-state index in [1.807, 2.05) is 0 Å². The molecule has 1 aromatic rings. The average Bonchev–Trinajstić information content (AvgIpc) is 2.74. The van der Waals surface area contributed by atoms with E-state index in [2.05, 4.69) is 0 Å². The first-order valence-electron chi connectivity index (χ1n) is 4.76. The predicted molar refractivity (Wildman–Crippen MR) is 59.7 cm³/mol. The van der Waals surface area contributed by atoms with Gasteiger partial charge in [-0.15, -0.1) is 0 Å². The molecule has 0 amide bonds. The summed E-state index contributed by atoms with van der Waals surface area (Å²) in [5.41, 5.74) is 0.500. The molecule has 2 rings (SSSR count). The smallest absolute Gasteiger partial charge is 0.169 e. The first-order valence-corrected chi connectivity index (χ1v) is 5.51. The van der Waals surface area contributed by atoms with Gasteiger partial charge in [0.2, 0.25) is 0 Å². The van der Waals surface area contributed by atoms with Crippen molar-refractivity contribution >= 4 is 29.0 Å². The number of Topliss-reactive ketones (excluding diaryl/α,β-unsaturated/α-hetero) is 1. The fourth-order valence-electron chi connectivity index (χ4n) is 1.66. The molecule has 1 fully saturated rings. The van der Waals surface area contributed by atoms with Crippen LogP contribution in [0, 0.1) is 5.92 Å². The van der Waals surface area contributed by atoms with Crippen molar-refractivity contribution in [3.63, 3.8) is 0 Å². The minimum absolute atomic E-state index is 0.0278. The summed E-state index contributed by atoms with van der Waals surface area (Å²) in [5, 5.41) is 0.762. The van der Waals surface area contributed by atoms with Gasteiger partial charge < -0.3 is 4.74 Å². The highest BCUT2D eigenvalue weighted by molar-refractivity contribution is 6.43. The monoisotopic (exact) mass is 244 g/mol. The van der Waals surface area contributed by atoms with E-state index >= 15 is 0 Å². The molecule has 0 aliphatic carbocycles. The zero-order valence-electron chi connectivity index (χ0n) is 8.00. The summed E-state index contributed by atoms with van der Waals surface area (Å²) in [6.45, 7) is 1.14. The third-order valence-electron chi connectivity index (χ3n) is 2.52. The Bertz CT molecular complexity index is 384. The van der Waals surface area contributed by atoms with Gasteiger partial charge in [0.25, 0.3) is 0 Å². The topological polar surface area (TPSA) is 26.3 Å². The number of benzene rings is 1. The maximum atomic E-state index is 12.0. The third-order valence-corrected chi connectivity index (χ3v) is 3.34. The molecule has 1 heterocycles. The quantitative estimate of drug-likeness (QED) is 0.748. The molecule has 15 heavy (non-hydrogen) atoms. The van der Waals surface area contributed by atoms with Gasteiger partial charge in [-0.25, -0.2) is 0 Å². The van der Waals surface area contributed by atoms with E-state index in [4.69, 9.17) is 27.9 Å². The lowest BCUT2D eigenvalue weighted by Gasteiger charge is -2.08. The molecular weight excluding hydrogens is 235 g/mol. The van der Waals surface area contributed by atoms with Gasteiger partial charge in [0, 0.05) is 18.1 Å². The Kier molecular flexibility index (Phi) is 3.29. The molecule has 4 heteroatoms. The molecule has 80 valence electrons. The molecule has 0 spiro atoms. The molecular formula is C11H10Cl2O2. The van der Waals surface area contributed by atoms with Gasteiger partial charge in [-0.2, -0.15) is 0 Å². The number of ketones is 1. The average molecular weight is 245 g/mol. The Morgan fingerprint density at radius 1 is 1.40 bits per heavy atom. The molecule has 1 saturated heterocycles. The van der Waals surface area contributed by atoms with Gasteiger partial charge in [0.1, 0.15) is 0 Å². The van der Waals surface area contributed by atoms with E-state index in [0.29, 0.717) is 28.8 Å². The molecule has 1 unspecified atom stereocenters. The van der Waals surface area contributed by atoms with Crippen LogP contribution in [0.4, 0.5) is 0 Å². The van der Waals surface area contributed by atoms with Crippen LogP contribution in [-0.2, 0) is 4.74 Å². The summed E-state index contributed by atoms with van der Waals surface area (Å²) >= 11 is 11.8. The molecule has 1 aliphatic heterocycles. The molecule has 0 N–H and O–H groups in total. The van der Waals surface area contributed by atoms with Gasteiger partial charge >= 0.3 is 0 Å². The van der Waals surface area contributed by atoms with Gasteiger partial charge in [-0.1, -0.05) is 29.3 Å². The maximum absolute atomic E-state index is 12.0. The van der Waals surface area contributed by atoms with Crippen molar-refractivity contribution in [2.75, 3.05) is 13.2 Å². The van der Waals surface area contributed by atoms with Crippen LogP contribution in [0.25, 0.3) is 0 Å². The van der Waals surface area contributed by atoms with Crippen LogP contribution in [-0.4, -0.2) is 19.0 Å². The Labute approximate surface area is 98.1 Å². The van der Waals surface area contributed by atoms with E-state index in [0.717, 1.165) is 6.42 Å². The lowest BCUT2D eigenvalue weighted by atomic mass is 9.97. The number of carbonyl (C=O) groups excluding carboxylic acids is 1. The maximum Gasteiger partial charge on any atom is 0.169 e. The summed E-state index contributed by atoms with van der Waals surface area (Å²) in [6.07, 6.45) is 0.766. The number of ether oxygens (including phenoxy) is 1. The zero-order valence-corrected chi connectivity index (χ0v) is 9.52. The summed E-state index contributed by atoms with van der Waals surface area (Å²) in [6, 6.07) is 5.11. The first-order chi connectivity index (χ1) is 7.20. The highest BCUT2D eigenvalue weighted by Gasteiger charge is 2.26. The van der Waals surface area contributed by atoms with Crippen LogP contribution in [0.15, 0.2) is 18.2 Å². The number of hydrogen-bond acceptors (Lipinski definition) is 2. The number of halogens is 2. The van der Waals surface area contributed by atoms with E-state index < -0.39 is 0 Å². The van der Waals surface area contributed by atoms with Crippen molar-refractivity contribution in [2.24, 2.45) is 5.92 Å². The van der Waals surface area contributed by atoms with Crippen LogP contribution >= 0.6 is 23.2 Å². The summed E-state index contributed by atoms with van der Waals surface area (Å²) in [7, 11) is 0. The second kappa shape index (κ2) is 4.52. The standard InChI is InChI=1S/C11H10Cl2O2/c12-9-3-1-2-8(10(9)13)11(14)7-4-5-15-6-7/h1-3,7H,4-6H2. The lowest BCUT2D eigenvalue weighted by molar-refractivity contribution is 0.0900. The second-order valence-electron chi connectivity index (χ2n) is 3.53. The molecule has 0 saturated carbocycles. The largest absolute Gasteiger partial charge is 0.381 e. The number of rotatable bonds is 2. The predicted octanol–water partition coefficient (Wildman–Crippen LogP) is 3.21. The summed E-state index contributed by atoms with van der Waals surface area (Å²) in [4.78, 5) is 12.0. The van der Waals surface area contributed by atoms with E-state index in [9.17, 15) is 4.79 Å². The highest BCUT2D eigenvalue weighted by atomic mass is 35.5. The minimum Gasteiger partial charge on any atom is -0.381 e. The Morgan fingerprint density at radius 2 is 2.20 bits per heavy atom. The summed E-state index contributed by atoms with van der Waals surface area (Å²) < 4.78 is 5.17. The van der Waals surface area contributed by atoms with Crippen LogP contribution in [0.2, 0.25) is 10.0 Å². The normalized spacial score (nSPS) is 20.5. The zero-order chi connectivity index (χ0) is 10.8. The Morgan fingerprint density at radius 3 is 2.87 bits per heavy atom. The SMILES string of the molecule is O=C(c1cccc(Cl)c1Cl)C1CCOC1. The Balaban J connectivity index is 2.28. The molecule has 1 atom stereocenters. The second-order valence-corrected chi connectivity index (χ2v) is 4.31. The number of hydrogen-bond donors (Lipinski definition) is 0. The summed E-state index contributed by atoms with van der Waals surface area (Å²) in [5.74, 6) is -0.0408. The van der Waals surface area contributed by atoms with Gasteiger partial charge in [-0.05, 0) is 18.6 Å². The van der Waals surface area contributed by atoms with Crippen molar-refractivity contribution in [3.8, 4) is 0 Å². The fraction of sp³-hybridized carbons (Fsp3) is 0.364. The molecule has 0 bridgehead atoms. The van der Waals surface area contributed by atoms with Crippen molar-refractivity contribution < 1.29 is 9.53 Å². The third kappa shape index (κ3) is 2.17. The first kappa shape index (κ1) is 10.9. The lowest BCUT2D eigenvalue weighted by Crippen LogP contribution is -2.15. The van der Waals surface area contributed by atoms with Crippen LogP contribution in [0.3, 0.4) is 0 Å². The van der Waals surface area contributed by atoms with Crippen LogP contribution in [0.5, 0.6) is 0 Å². The van der Waals surface area contributed by atoms with Crippen molar-refractivity contribution in [1.82, 2.24) is 0 Å². The molecule has 0 aromatic heterocycles. The molecule has 1 aliphatic rings. The van der Waals surface area contributed by atoms with Gasteiger partial charge in [0.15, 0.2) is 5.78 Å². The van der Waals surface area contributed by atoms with Crippen molar-refractivity contribution in [2.45, 2.75) is 6.42 Å². The fourth-order valence-corrected chi connectivity index (χ4v) is 2.05. The van der Waals surface area contributed by atoms with E-state index in [-0.39, 0.29) is 11.7 Å².